The molecule has 0 aromatic carbocycles. The molecule has 26 nitrogen and oxygen atoms in total. The third-order valence-electron chi connectivity index (χ3n) is 10.8. The van der Waals surface area contributed by atoms with E-state index in [2.05, 4.69) is 21.3 Å². The molecule has 0 spiro atoms. The summed E-state index contributed by atoms with van der Waals surface area (Å²) in [6, 6.07) is -4.36. The molecule has 3 heterocycles. The molecule has 376 valence electrons. The molecular weight excluding hydrogens is 914 g/mol. The van der Waals surface area contributed by atoms with Crippen LogP contribution in [-0.2, 0) is 61.1 Å². The number of aliphatic hydroxyl groups excluding tert-OH is 7. The van der Waals surface area contributed by atoms with Gasteiger partial charge in [-0.3, -0.25) is 28.3 Å². The van der Waals surface area contributed by atoms with Crippen LogP contribution in [-0.4, -0.2) is 212 Å². The summed E-state index contributed by atoms with van der Waals surface area (Å²) >= 11 is 0. The van der Waals surface area contributed by atoms with Gasteiger partial charge in [-0.15, -0.1) is 0 Å². The molecule has 4 amide bonds. The SMILES string of the molecule is CC(=O)CCCCCCC(=O)NCCO[C@@H]1OC(COP(=O)(O)C[C@@H]2OC(COP(=O)(O)C[C@@H]3OC(CO)[C@H](O)[C@H](O)C3NC(C)=O)[C@H](O)[C@H](O)C2NC(C)=O)[C@H](O)[C@H](O)C1NC(C)=O. The van der Waals surface area contributed by atoms with Gasteiger partial charge in [-0.1, -0.05) is 12.8 Å². The predicted molar refractivity (Wildman–Crippen MR) is 221 cm³/mol. The van der Waals surface area contributed by atoms with Gasteiger partial charge in [0.25, 0.3) is 0 Å². The van der Waals surface area contributed by atoms with Gasteiger partial charge in [0, 0.05) is 40.2 Å². The molecular formula is C37H66N4O22P2. The van der Waals surface area contributed by atoms with Gasteiger partial charge in [-0.2, -0.15) is 0 Å². The van der Waals surface area contributed by atoms with Crippen LogP contribution in [0.2, 0.25) is 0 Å². The molecule has 0 radical (unpaired) electrons. The van der Waals surface area contributed by atoms with E-state index in [9.17, 15) is 78.6 Å². The monoisotopic (exact) mass is 980 g/mol. The van der Waals surface area contributed by atoms with Crippen LogP contribution in [0.5, 0.6) is 0 Å². The first kappa shape index (κ1) is 56.7. The molecule has 3 aliphatic heterocycles. The number of rotatable bonds is 25. The number of Topliss-reactive ketones (excluding diaryl/α,β-unsaturated/α-hetero) is 1. The highest BCUT2D eigenvalue weighted by Gasteiger charge is 2.51. The summed E-state index contributed by atoms with van der Waals surface area (Å²) in [7, 11) is -9.79. The Morgan fingerprint density at radius 1 is 0.554 bits per heavy atom. The van der Waals surface area contributed by atoms with Crippen molar-refractivity contribution >= 4 is 44.6 Å². The minimum absolute atomic E-state index is 0.0189. The van der Waals surface area contributed by atoms with Gasteiger partial charge < -0.3 is 99.6 Å². The summed E-state index contributed by atoms with van der Waals surface area (Å²) in [5, 5.41) is 83.8. The molecule has 0 aromatic heterocycles. The Bertz CT molecular complexity index is 1680. The third-order valence-corrected chi connectivity index (χ3v) is 13.5. The summed E-state index contributed by atoms with van der Waals surface area (Å²) in [5.41, 5.74) is 0. The minimum Gasteiger partial charge on any atom is -0.394 e. The number of aliphatic hydroxyl groups is 7. The van der Waals surface area contributed by atoms with Crippen molar-refractivity contribution in [3.05, 3.63) is 0 Å². The molecule has 3 saturated heterocycles. The van der Waals surface area contributed by atoms with Crippen LogP contribution in [0, 0.1) is 0 Å². The van der Waals surface area contributed by atoms with Crippen molar-refractivity contribution in [2.75, 3.05) is 45.3 Å². The zero-order valence-corrected chi connectivity index (χ0v) is 38.4. The molecule has 0 saturated carbocycles. The van der Waals surface area contributed by atoms with Crippen LogP contribution in [0.4, 0.5) is 0 Å². The Morgan fingerprint density at radius 3 is 1.43 bits per heavy atom. The number of carbonyl (C=O) groups is 5. The molecule has 0 aliphatic carbocycles. The molecule has 13 N–H and O–H groups in total. The van der Waals surface area contributed by atoms with Gasteiger partial charge in [0.2, 0.25) is 23.6 Å². The zero-order valence-electron chi connectivity index (χ0n) is 36.6. The first-order valence-corrected chi connectivity index (χ1v) is 24.7. The zero-order chi connectivity index (χ0) is 48.8. The molecule has 3 aliphatic rings. The van der Waals surface area contributed by atoms with Crippen LogP contribution in [0.1, 0.15) is 66.2 Å². The second-order valence-corrected chi connectivity index (χ2v) is 20.1. The van der Waals surface area contributed by atoms with E-state index >= 15 is 0 Å². The minimum atomic E-state index is -4.93. The lowest BCUT2D eigenvalue weighted by molar-refractivity contribution is -0.268. The molecule has 3 rings (SSSR count). The molecule has 8 unspecified atom stereocenters. The third kappa shape index (κ3) is 18.1. The summed E-state index contributed by atoms with van der Waals surface area (Å²) in [6.07, 6.45) is -18.6. The van der Waals surface area contributed by atoms with Crippen molar-refractivity contribution in [3.8, 4) is 0 Å². The number of ketones is 1. The number of nitrogens with one attached hydrogen (secondary N) is 4. The van der Waals surface area contributed by atoms with Gasteiger partial charge in [0.15, 0.2) is 6.29 Å². The van der Waals surface area contributed by atoms with Crippen molar-refractivity contribution in [1.29, 1.82) is 0 Å². The van der Waals surface area contributed by atoms with Crippen LogP contribution >= 0.6 is 15.2 Å². The van der Waals surface area contributed by atoms with Gasteiger partial charge in [-0.05, 0) is 19.8 Å². The lowest BCUT2D eigenvalue weighted by Crippen LogP contribution is -2.65. The smallest absolute Gasteiger partial charge is 0.330 e. The number of hydrogen-bond donors (Lipinski definition) is 13. The Labute approximate surface area is 375 Å². The molecule has 28 heteroatoms. The van der Waals surface area contributed by atoms with E-state index in [-0.39, 0.29) is 31.3 Å². The van der Waals surface area contributed by atoms with Crippen molar-refractivity contribution in [1.82, 2.24) is 21.3 Å². The highest BCUT2D eigenvalue weighted by atomic mass is 31.2. The average Bonchev–Trinajstić information content (AvgIpc) is 3.21. The fourth-order valence-corrected chi connectivity index (χ4v) is 10.0. The molecule has 0 bridgehead atoms. The van der Waals surface area contributed by atoms with E-state index in [0.29, 0.717) is 12.8 Å². The first-order valence-electron chi connectivity index (χ1n) is 21.1. The highest BCUT2D eigenvalue weighted by molar-refractivity contribution is 7.53. The number of hydrogen-bond acceptors (Lipinski definition) is 20. The summed E-state index contributed by atoms with van der Waals surface area (Å²) in [4.78, 5) is 80.9. The van der Waals surface area contributed by atoms with Gasteiger partial charge in [-0.25, -0.2) is 0 Å². The second-order valence-electron chi connectivity index (χ2n) is 16.3. The van der Waals surface area contributed by atoms with E-state index in [0.717, 1.165) is 40.0 Å². The Kier molecular flexibility index (Phi) is 22.9. The lowest BCUT2D eigenvalue weighted by atomic mass is 9.93. The maximum atomic E-state index is 13.5. The van der Waals surface area contributed by atoms with E-state index in [1.807, 2.05) is 0 Å². The summed E-state index contributed by atoms with van der Waals surface area (Å²) in [5.74, 6) is -2.27. The van der Waals surface area contributed by atoms with Crippen molar-refractivity contribution in [3.63, 3.8) is 0 Å². The fourth-order valence-electron chi connectivity index (χ4n) is 7.52. The maximum absolute atomic E-state index is 13.5. The highest BCUT2D eigenvalue weighted by Crippen LogP contribution is 2.47. The normalized spacial score (nSPS) is 34.6. The fraction of sp³-hybridized carbons (Fsp3) is 0.865. The van der Waals surface area contributed by atoms with Crippen molar-refractivity contribution < 1.29 is 107 Å². The predicted octanol–water partition coefficient (Wildman–Crippen LogP) is -4.62. The van der Waals surface area contributed by atoms with Crippen LogP contribution in [0.25, 0.3) is 0 Å². The number of ether oxygens (including phenoxy) is 4. The lowest BCUT2D eigenvalue weighted by Gasteiger charge is -2.44. The number of carbonyl (C=O) groups excluding carboxylic acids is 5. The van der Waals surface area contributed by atoms with Crippen LogP contribution in [0.15, 0.2) is 0 Å². The summed E-state index contributed by atoms with van der Waals surface area (Å²) < 4.78 is 59.9. The second kappa shape index (κ2) is 26.2. The maximum Gasteiger partial charge on any atom is 0.330 e. The van der Waals surface area contributed by atoms with E-state index in [1.54, 1.807) is 0 Å². The topological polar surface area (TPSA) is 405 Å². The number of amides is 4. The van der Waals surface area contributed by atoms with Crippen LogP contribution < -0.4 is 21.3 Å². The van der Waals surface area contributed by atoms with Gasteiger partial charge in [0.1, 0.15) is 66.8 Å². The largest absolute Gasteiger partial charge is 0.394 e. The average molecular weight is 981 g/mol. The van der Waals surface area contributed by atoms with E-state index in [1.165, 1.54) is 6.92 Å². The van der Waals surface area contributed by atoms with Gasteiger partial charge in [0.05, 0.1) is 63.0 Å². The number of unbranched alkanes of at least 4 members (excludes halogenated alkanes) is 3. The molecule has 3 fully saturated rings. The molecule has 0 aromatic rings. The molecule has 17 atom stereocenters. The standard InChI is InChI=1S/C37H66N4O22P2/c1-18(43)9-7-5-6-8-10-27(47)38-11-12-58-37-30(41-21(4)46)36(53)33(50)24(63-37)15-60-65(56,57)17-26-29(40-20(3)45)35(52)32(49)23(62-26)14-59-64(54,55)16-25-28(39-19(2)44)34(51)31(48)22(13-42)61-25/h22-26,28-37,42,48-53H,5-17H2,1-4H3,(H,38,47)(H,39,44)(H,40,45)(H,41,46)(H,54,55)(H,56,57)/t22?,23?,24?,25-,26-,28?,29?,30?,31-,32-,33-,34+,35+,36+,37+/m0/s1. The van der Waals surface area contributed by atoms with Crippen LogP contribution in [0.3, 0.4) is 0 Å². The Hall–Kier alpha value is -2.59. The Balaban J connectivity index is 1.65. The van der Waals surface area contributed by atoms with Crippen molar-refractivity contribution in [2.24, 2.45) is 0 Å². The summed E-state index contributed by atoms with van der Waals surface area (Å²) in [6.45, 7) is 1.87. The first-order chi connectivity index (χ1) is 30.4. The van der Waals surface area contributed by atoms with Gasteiger partial charge >= 0.3 is 15.2 Å². The molecule has 65 heavy (non-hydrogen) atoms. The quantitative estimate of drug-likeness (QED) is 0.0302. The van der Waals surface area contributed by atoms with Crippen molar-refractivity contribution in [2.45, 2.75) is 158 Å². The van der Waals surface area contributed by atoms with E-state index < -0.39 is 157 Å². The Morgan fingerprint density at radius 2 is 0.969 bits per heavy atom. The van der Waals surface area contributed by atoms with E-state index in [4.69, 9.17) is 28.0 Å².